The summed E-state index contributed by atoms with van der Waals surface area (Å²) in [7, 11) is -4.48. The minimum absolute atomic E-state index is 0.592. The lowest BCUT2D eigenvalue weighted by Crippen LogP contribution is -3.85. The SMILES string of the molecule is O=[N+]([O-])c1cc([N+](=O)O)cc(S(=O)(=O)O[I+](c2ccccc2)c2ccccc2)c1. The first-order valence-electron chi connectivity index (χ1n) is 7.98. The number of benzene rings is 3. The molecule has 1 radical (unpaired) electrons. The van der Waals surface area contributed by atoms with E-state index in [0.717, 1.165) is 18.2 Å². The number of rotatable bonds is 7. The second-order valence-electron chi connectivity index (χ2n) is 5.57. The normalized spacial score (nSPS) is 11.3. The van der Waals surface area contributed by atoms with Gasteiger partial charge < -0.3 is 0 Å². The summed E-state index contributed by atoms with van der Waals surface area (Å²) in [6.07, 6.45) is 0. The van der Waals surface area contributed by atoms with Crippen molar-refractivity contribution in [2.75, 3.05) is 0 Å². The molecule has 149 valence electrons. The molecule has 0 fully saturated rings. The van der Waals surface area contributed by atoms with Crippen LogP contribution in [-0.2, 0) is 12.6 Å². The maximum Gasteiger partial charge on any atom is 0.336 e. The molecule has 0 aliphatic carbocycles. The molecule has 0 saturated carbocycles. The van der Waals surface area contributed by atoms with Gasteiger partial charge in [-0.15, -0.1) is 0 Å². The van der Waals surface area contributed by atoms with Crippen LogP contribution in [0.15, 0.2) is 83.8 Å². The number of halogens is 1. The van der Waals surface area contributed by atoms with E-state index in [9.17, 15) is 23.4 Å². The molecular formula is C18H14IN2O7S+2. The summed E-state index contributed by atoms with van der Waals surface area (Å²) >= 11 is -2.96. The number of nitro benzene ring substituents is 1. The first-order valence-corrected chi connectivity index (χ1v) is 12.4. The number of nitrogens with zero attached hydrogens (tertiary/aromatic N) is 2. The van der Waals surface area contributed by atoms with Crippen molar-refractivity contribution in [1.29, 1.82) is 0 Å². The average molecular weight is 529 g/mol. The molecule has 0 heterocycles. The monoisotopic (exact) mass is 529 g/mol. The summed E-state index contributed by atoms with van der Waals surface area (Å²) in [6, 6.07) is 20.0. The highest BCUT2D eigenvalue weighted by Gasteiger charge is 2.39. The maximum atomic E-state index is 12.9. The van der Waals surface area contributed by atoms with Crippen molar-refractivity contribution >= 4 is 21.5 Å². The van der Waals surface area contributed by atoms with Crippen LogP contribution in [0, 0.1) is 22.2 Å². The summed E-state index contributed by atoms with van der Waals surface area (Å²) in [5.74, 6) is 0. The second kappa shape index (κ2) is 8.63. The van der Waals surface area contributed by atoms with Crippen LogP contribution < -0.4 is 20.2 Å². The molecule has 3 rings (SSSR count). The van der Waals surface area contributed by atoms with E-state index in [1.165, 1.54) is 0 Å². The molecule has 0 aliphatic rings. The Balaban J connectivity index is 2.08. The van der Waals surface area contributed by atoms with Gasteiger partial charge in [-0.25, -0.2) is 5.21 Å². The fourth-order valence-corrected chi connectivity index (χ4v) is 9.36. The first-order chi connectivity index (χ1) is 13.8. The molecule has 0 unspecified atom stereocenters. The zero-order chi connectivity index (χ0) is 21.0. The molecule has 0 atom stereocenters. The molecule has 0 spiro atoms. The third kappa shape index (κ3) is 4.93. The van der Waals surface area contributed by atoms with Crippen LogP contribution in [0.4, 0.5) is 11.4 Å². The molecule has 3 aromatic carbocycles. The number of nitro groups is 1. The largest absolute Gasteiger partial charge is 0.336 e. The van der Waals surface area contributed by atoms with E-state index in [1.54, 1.807) is 60.7 Å². The van der Waals surface area contributed by atoms with E-state index in [0.29, 0.717) is 7.14 Å². The second-order valence-corrected chi connectivity index (χ2v) is 12.1. The third-order valence-corrected chi connectivity index (χ3v) is 10.9. The topological polar surface area (TPSA) is 127 Å². The average Bonchev–Trinajstić information content (AvgIpc) is 2.73. The highest BCUT2D eigenvalue weighted by molar-refractivity contribution is 7.86. The molecule has 9 nitrogen and oxygen atoms in total. The molecule has 1 N–H and O–H groups in total. The highest BCUT2D eigenvalue weighted by atomic mass is 127. The lowest BCUT2D eigenvalue weighted by Gasteiger charge is -2.06. The van der Waals surface area contributed by atoms with Gasteiger partial charge in [0.1, 0.15) is 4.90 Å². The van der Waals surface area contributed by atoms with E-state index in [1.807, 2.05) is 0 Å². The van der Waals surface area contributed by atoms with E-state index < -0.39 is 56.5 Å². The Kier molecular flexibility index (Phi) is 6.20. The Morgan fingerprint density at radius 3 is 1.76 bits per heavy atom. The zero-order valence-electron chi connectivity index (χ0n) is 14.6. The van der Waals surface area contributed by atoms with Crippen LogP contribution in [0.5, 0.6) is 0 Å². The van der Waals surface area contributed by atoms with Crippen LogP contribution in [0.1, 0.15) is 0 Å². The van der Waals surface area contributed by atoms with Crippen LogP contribution in [0.25, 0.3) is 0 Å². The summed E-state index contributed by atoms with van der Waals surface area (Å²) in [5, 5.41) is 20.2. The Morgan fingerprint density at radius 1 is 0.828 bits per heavy atom. The van der Waals surface area contributed by atoms with Crippen LogP contribution >= 0.6 is 0 Å². The molecule has 0 amide bonds. The first kappa shape index (κ1) is 20.8. The van der Waals surface area contributed by atoms with Gasteiger partial charge in [-0.2, -0.15) is 8.42 Å². The lowest BCUT2D eigenvalue weighted by molar-refractivity contribution is -1.03. The van der Waals surface area contributed by atoms with E-state index in [-0.39, 0.29) is 0 Å². The molecule has 0 aromatic heterocycles. The van der Waals surface area contributed by atoms with Crippen molar-refractivity contribution in [1.82, 2.24) is 0 Å². The molecule has 3 aromatic rings. The van der Waals surface area contributed by atoms with Gasteiger partial charge in [0.15, 0.2) is 7.14 Å². The van der Waals surface area contributed by atoms with Gasteiger partial charge in [-0.05, 0) is 26.8 Å². The summed E-state index contributed by atoms with van der Waals surface area (Å²) < 4.78 is 32.8. The third-order valence-electron chi connectivity index (χ3n) is 3.60. The lowest BCUT2D eigenvalue weighted by atomic mass is 10.3. The highest BCUT2D eigenvalue weighted by Crippen LogP contribution is 2.25. The van der Waals surface area contributed by atoms with Gasteiger partial charge in [0.25, 0.3) is 10.6 Å². The molecule has 0 bridgehead atoms. The summed E-state index contributed by atoms with van der Waals surface area (Å²) in [6.45, 7) is 0. The van der Waals surface area contributed by atoms with E-state index >= 15 is 0 Å². The minimum Gasteiger partial charge on any atom is -0.258 e. The Morgan fingerprint density at radius 2 is 1.31 bits per heavy atom. The van der Waals surface area contributed by atoms with Crippen molar-refractivity contribution in [3.05, 3.63) is 101 Å². The van der Waals surface area contributed by atoms with Crippen molar-refractivity contribution < 1.29 is 46.2 Å². The summed E-state index contributed by atoms with van der Waals surface area (Å²) in [5.41, 5.74) is -1.26. The molecule has 0 saturated heterocycles. The van der Waals surface area contributed by atoms with E-state index in [4.69, 9.17) is 7.72 Å². The number of non-ortho nitro benzene ring substituents is 1. The van der Waals surface area contributed by atoms with Crippen LogP contribution in [0.3, 0.4) is 0 Å². The fourth-order valence-electron chi connectivity index (χ4n) is 2.30. The maximum absolute atomic E-state index is 12.9. The van der Waals surface area contributed by atoms with Crippen molar-refractivity contribution in [3.8, 4) is 0 Å². The Hall–Kier alpha value is -2.90. The summed E-state index contributed by atoms with van der Waals surface area (Å²) in [4.78, 5) is 20.2. The van der Waals surface area contributed by atoms with Crippen LogP contribution in [0.2, 0.25) is 0 Å². The van der Waals surface area contributed by atoms with Crippen LogP contribution in [-0.4, -0.2) is 23.5 Å². The van der Waals surface area contributed by atoms with Crippen molar-refractivity contribution in [2.24, 2.45) is 0 Å². The van der Waals surface area contributed by atoms with E-state index in [2.05, 4.69) is 0 Å². The Labute approximate surface area is 173 Å². The quantitative estimate of drug-likeness (QED) is 0.267. The standard InChI is InChI=1S/C18H14IN2O7S/c22-20(23)16-11-17(21(24)25)13-18(12-16)29(26,27)28-19(14-7-3-1-4-8-14)15-9-5-2-6-10-15/h1-13H,(H,22,23)/q+2. The fraction of sp³-hybridized carbons (Fsp3) is 0. The van der Waals surface area contributed by atoms with Gasteiger partial charge in [0.05, 0.1) is 15.9 Å². The molecule has 0 aliphatic heterocycles. The predicted molar refractivity (Wildman–Crippen MR) is 96.7 cm³/mol. The molecule has 11 heteroatoms. The number of hydrogen-bond donors (Lipinski definition) is 1. The van der Waals surface area contributed by atoms with Gasteiger partial charge in [0.2, 0.25) is 0 Å². The molecular weight excluding hydrogens is 515 g/mol. The van der Waals surface area contributed by atoms with Gasteiger partial charge >= 0.3 is 36.0 Å². The zero-order valence-corrected chi connectivity index (χ0v) is 17.6. The number of hydrogen-bond acceptors (Lipinski definition) is 6. The van der Waals surface area contributed by atoms with Crippen molar-refractivity contribution in [2.45, 2.75) is 4.90 Å². The Bertz CT molecular complexity index is 1080. The van der Waals surface area contributed by atoms with Gasteiger partial charge in [-0.3, -0.25) is 10.1 Å². The smallest absolute Gasteiger partial charge is 0.258 e. The predicted octanol–water partition coefficient (Wildman–Crippen LogP) is 0.379. The van der Waals surface area contributed by atoms with Gasteiger partial charge in [0, 0.05) is 12.1 Å². The van der Waals surface area contributed by atoms with Gasteiger partial charge in [-0.1, -0.05) is 36.4 Å². The van der Waals surface area contributed by atoms with Crippen molar-refractivity contribution in [3.63, 3.8) is 0 Å². The minimum atomic E-state index is -4.48. The molecule has 29 heavy (non-hydrogen) atoms.